The summed E-state index contributed by atoms with van der Waals surface area (Å²) in [7, 11) is 1.81. The molecule has 0 bridgehead atoms. The molecule has 0 aliphatic heterocycles. The summed E-state index contributed by atoms with van der Waals surface area (Å²) in [6.07, 6.45) is 9.43. The molecular weight excluding hydrogens is 274 g/mol. The van der Waals surface area contributed by atoms with Gasteiger partial charge in [0.05, 0.1) is 12.7 Å². The van der Waals surface area contributed by atoms with Gasteiger partial charge < -0.3 is 14.8 Å². The van der Waals surface area contributed by atoms with Crippen molar-refractivity contribution in [3.63, 3.8) is 0 Å². The highest BCUT2D eigenvalue weighted by molar-refractivity contribution is 5.27. The number of ether oxygens (including phenoxy) is 2. The van der Waals surface area contributed by atoms with Crippen LogP contribution < -0.4 is 10.1 Å². The topological polar surface area (TPSA) is 30.5 Å². The third kappa shape index (κ3) is 4.02. The third-order valence-corrected chi connectivity index (χ3v) is 5.22. The van der Waals surface area contributed by atoms with Gasteiger partial charge in [-0.2, -0.15) is 0 Å². The van der Waals surface area contributed by atoms with Gasteiger partial charge in [0.25, 0.3) is 0 Å². The summed E-state index contributed by atoms with van der Waals surface area (Å²) in [4.78, 5) is 0. The summed E-state index contributed by atoms with van der Waals surface area (Å²) in [6.45, 7) is 2.87. The van der Waals surface area contributed by atoms with Crippen LogP contribution >= 0.6 is 0 Å². The van der Waals surface area contributed by atoms with Crippen LogP contribution in [0.25, 0.3) is 0 Å². The highest BCUT2D eigenvalue weighted by Crippen LogP contribution is 2.40. The smallest absolute Gasteiger partial charge is 0.119 e. The van der Waals surface area contributed by atoms with Gasteiger partial charge in [0.15, 0.2) is 0 Å². The number of nitrogens with one attached hydrogen (secondary N) is 1. The van der Waals surface area contributed by atoms with Crippen molar-refractivity contribution >= 4 is 0 Å². The van der Waals surface area contributed by atoms with Gasteiger partial charge in [0.1, 0.15) is 5.75 Å². The standard InChI is InChI=1S/C19H29NO2/c1-21-15-19(11-4-12-19)14-20-13-16-7-9-18(10-8-16)22-17-5-2-3-6-17/h7-10,17,20H,2-6,11-15H2,1H3. The second-order valence-corrected chi connectivity index (χ2v) is 7.06. The van der Waals surface area contributed by atoms with Crippen LogP contribution in [-0.2, 0) is 11.3 Å². The predicted octanol–water partition coefficient (Wildman–Crippen LogP) is 3.91. The molecule has 3 nitrogen and oxygen atoms in total. The Morgan fingerprint density at radius 2 is 1.82 bits per heavy atom. The van der Waals surface area contributed by atoms with E-state index in [-0.39, 0.29) is 0 Å². The van der Waals surface area contributed by atoms with Crippen molar-refractivity contribution in [2.24, 2.45) is 5.41 Å². The molecule has 3 rings (SSSR count). The Kier molecular flexibility index (Phi) is 5.37. The lowest BCUT2D eigenvalue weighted by atomic mass is 9.69. The molecule has 122 valence electrons. The molecular formula is C19H29NO2. The lowest BCUT2D eigenvalue weighted by Crippen LogP contribution is -2.43. The zero-order valence-electron chi connectivity index (χ0n) is 13.8. The van der Waals surface area contributed by atoms with Crippen LogP contribution in [0.1, 0.15) is 50.5 Å². The molecule has 2 fully saturated rings. The number of benzene rings is 1. The van der Waals surface area contributed by atoms with E-state index in [1.807, 2.05) is 7.11 Å². The largest absolute Gasteiger partial charge is 0.490 e. The zero-order chi connectivity index (χ0) is 15.3. The summed E-state index contributed by atoms with van der Waals surface area (Å²) < 4.78 is 11.4. The maximum absolute atomic E-state index is 6.01. The Bertz CT molecular complexity index is 447. The van der Waals surface area contributed by atoms with E-state index in [2.05, 4.69) is 29.6 Å². The van der Waals surface area contributed by atoms with Crippen molar-refractivity contribution < 1.29 is 9.47 Å². The quantitative estimate of drug-likeness (QED) is 0.789. The molecule has 0 amide bonds. The van der Waals surface area contributed by atoms with Crippen molar-refractivity contribution in [3.05, 3.63) is 29.8 Å². The lowest BCUT2D eigenvalue weighted by molar-refractivity contribution is 0.0177. The molecule has 0 aromatic heterocycles. The van der Waals surface area contributed by atoms with E-state index in [1.54, 1.807) is 0 Å². The highest BCUT2D eigenvalue weighted by atomic mass is 16.5. The zero-order valence-corrected chi connectivity index (χ0v) is 13.8. The van der Waals surface area contributed by atoms with Crippen molar-refractivity contribution in [2.45, 2.75) is 57.6 Å². The summed E-state index contributed by atoms with van der Waals surface area (Å²) in [5.41, 5.74) is 1.71. The summed E-state index contributed by atoms with van der Waals surface area (Å²) in [5, 5.41) is 3.60. The Hall–Kier alpha value is -1.06. The van der Waals surface area contributed by atoms with Crippen LogP contribution in [0.4, 0.5) is 0 Å². The van der Waals surface area contributed by atoms with Crippen LogP contribution in [0.5, 0.6) is 5.75 Å². The number of rotatable bonds is 8. The number of methoxy groups -OCH3 is 1. The fraction of sp³-hybridized carbons (Fsp3) is 0.684. The van der Waals surface area contributed by atoms with Gasteiger partial charge in [-0.1, -0.05) is 18.6 Å². The van der Waals surface area contributed by atoms with Gasteiger partial charge in [-0.25, -0.2) is 0 Å². The minimum Gasteiger partial charge on any atom is -0.490 e. The van der Waals surface area contributed by atoms with Crippen molar-refractivity contribution in [1.29, 1.82) is 0 Å². The van der Waals surface area contributed by atoms with Gasteiger partial charge in [-0.15, -0.1) is 0 Å². The molecule has 22 heavy (non-hydrogen) atoms. The second-order valence-electron chi connectivity index (χ2n) is 7.06. The van der Waals surface area contributed by atoms with E-state index in [0.29, 0.717) is 11.5 Å². The molecule has 0 atom stereocenters. The van der Waals surface area contributed by atoms with E-state index >= 15 is 0 Å². The monoisotopic (exact) mass is 303 g/mol. The van der Waals surface area contributed by atoms with Gasteiger partial charge >= 0.3 is 0 Å². The maximum atomic E-state index is 6.01. The van der Waals surface area contributed by atoms with Crippen molar-refractivity contribution in [1.82, 2.24) is 5.32 Å². The molecule has 1 N–H and O–H groups in total. The van der Waals surface area contributed by atoms with Crippen molar-refractivity contribution in [3.8, 4) is 5.75 Å². The first-order chi connectivity index (χ1) is 10.8. The first kappa shape index (κ1) is 15.8. The SMILES string of the molecule is COCC1(CNCc2ccc(OC3CCCC3)cc2)CCC1. The summed E-state index contributed by atoms with van der Waals surface area (Å²) in [5.74, 6) is 1.02. The molecule has 0 saturated heterocycles. The molecule has 2 saturated carbocycles. The van der Waals surface area contributed by atoms with Gasteiger partial charge in [0, 0.05) is 25.6 Å². The molecule has 1 aromatic rings. The highest BCUT2D eigenvalue weighted by Gasteiger charge is 2.36. The molecule has 0 radical (unpaired) electrons. The van der Waals surface area contributed by atoms with Gasteiger partial charge in [0.2, 0.25) is 0 Å². The van der Waals surface area contributed by atoms with Crippen LogP contribution in [0.2, 0.25) is 0 Å². The minimum atomic E-state index is 0.389. The average molecular weight is 303 g/mol. The fourth-order valence-corrected chi connectivity index (χ4v) is 3.71. The predicted molar refractivity (Wildman–Crippen MR) is 89.2 cm³/mol. The van der Waals surface area contributed by atoms with E-state index in [1.165, 1.54) is 50.5 Å². The van der Waals surface area contributed by atoms with Gasteiger partial charge in [-0.05, 0) is 56.2 Å². The first-order valence-corrected chi connectivity index (χ1v) is 8.75. The Morgan fingerprint density at radius 3 is 2.41 bits per heavy atom. The normalized spacial score (nSPS) is 20.8. The van der Waals surface area contributed by atoms with Crippen LogP contribution in [0.3, 0.4) is 0 Å². The van der Waals surface area contributed by atoms with Crippen LogP contribution in [0.15, 0.2) is 24.3 Å². The Balaban J connectivity index is 1.42. The Morgan fingerprint density at radius 1 is 1.09 bits per heavy atom. The Labute approximate surface area is 134 Å². The molecule has 2 aliphatic rings. The fourth-order valence-electron chi connectivity index (χ4n) is 3.71. The number of hydrogen-bond donors (Lipinski definition) is 1. The molecule has 0 heterocycles. The number of hydrogen-bond acceptors (Lipinski definition) is 3. The van der Waals surface area contributed by atoms with E-state index in [0.717, 1.165) is 25.4 Å². The van der Waals surface area contributed by atoms with Gasteiger partial charge in [-0.3, -0.25) is 0 Å². The molecule has 2 aliphatic carbocycles. The van der Waals surface area contributed by atoms with Crippen LogP contribution in [0, 0.1) is 5.41 Å². The average Bonchev–Trinajstić information content (AvgIpc) is 2.99. The third-order valence-electron chi connectivity index (χ3n) is 5.22. The van der Waals surface area contributed by atoms with Crippen LogP contribution in [-0.4, -0.2) is 26.4 Å². The molecule has 0 spiro atoms. The molecule has 3 heteroatoms. The molecule has 1 aromatic carbocycles. The minimum absolute atomic E-state index is 0.389. The summed E-state index contributed by atoms with van der Waals surface area (Å²) in [6, 6.07) is 8.59. The summed E-state index contributed by atoms with van der Waals surface area (Å²) >= 11 is 0. The molecule has 0 unspecified atom stereocenters. The second kappa shape index (κ2) is 7.47. The van der Waals surface area contributed by atoms with Crippen molar-refractivity contribution in [2.75, 3.05) is 20.3 Å². The van der Waals surface area contributed by atoms with E-state index in [4.69, 9.17) is 9.47 Å². The van der Waals surface area contributed by atoms with E-state index in [9.17, 15) is 0 Å². The first-order valence-electron chi connectivity index (χ1n) is 8.75. The van der Waals surface area contributed by atoms with E-state index < -0.39 is 0 Å². The maximum Gasteiger partial charge on any atom is 0.119 e. The lowest BCUT2D eigenvalue weighted by Gasteiger charge is -2.41.